The van der Waals surface area contributed by atoms with Crippen molar-refractivity contribution in [3.8, 4) is 5.75 Å². The van der Waals surface area contributed by atoms with E-state index in [9.17, 15) is 4.79 Å². The van der Waals surface area contributed by atoms with Crippen molar-refractivity contribution in [1.82, 2.24) is 0 Å². The van der Waals surface area contributed by atoms with Gasteiger partial charge in [-0.05, 0) is 48.3 Å². The number of hydrogen-bond acceptors (Lipinski definition) is 5. The number of carbonyl (C=O) groups is 1. The Kier molecular flexibility index (Phi) is 11.0. The average molecular weight is 487 g/mol. The summed E-state index contributed by atoms with van der Waals surface area (Å²) in [5.41, 5.74) is 2.17. The lowest BCUT2D eigenvalue weighted by Gasteiger charge is -2.40. The molecule has 1 unspecified atom stereocenters. The molecule has 188 valence electrons. The third kappa shape index (κ3) is 8.99. The SMILES string of the molecule is COc1ccc(COC(C[C@H](CC=O)O[Si](C)(C)C(C)(C)C)[C@@H](C)OCc2ccccc2)cc1. The predicted molar refractivity (Wildman–Crippen MR) is 140 cm³/mol. The quantitative estimate of drug-likeness (QED) is 0.224. The molecular formula is C28H42O5Si. The van der Waals surface area contributed by atoms with Crippen molar-refractivity contribution in [3.05, 3.63) is 65.7 Å². The van der Waals surface area contributed by atoms with Crippen molar-refractivity contribution in [2.75, 3.05) is 7.11 Å². The van der Waals surface area contributed by atoms with Gasteiger partial charge in [0.1, 0.15) is 12.0 Å². The third-order valence-electron chi connectivity index (χ3n) is 6.62. The lowest BCUT2D eigenvalue weighted by atomic mass is 10.1. The van der Waals surface area contributed by atoms with Crippen LogP contribution in [0, 0.1) is 0 Å². The molecule has 0 aliphatic heterocycles. The van der Waals surface area contributed by atoms with Crippen LogP contribution in [0.3, 0.4) is 0 Å². The highest BCUT2D eigenvalue weighted by atomic mass is 28.4. The Balaban J connectivity index is 2.13. The number of hydrogen-bond donors (Lipinski definition) is 0. The Morgan fingerprint density at radius 1 is 0.912 bits per heavy atom. The molecule has 0 amide bonds. The maximum atomic E-state index is 11.5. The highest BCUT2D eigenvalue weighted by Crippen LogP contribution is 2.38. The van der Waals surface area contributed by atoms with E-state index in [1.807, 2.05) is 49.4 Å². The molecule has 0 saturated heterocycles. The maximum Gasteiger partial charge on any atom is 0.192 e. The van der Waals surface area contributed by atoms with Crippen LogP contribution >= 0.6 is 0 Å². The standard InChI is InChI=1S/C28H42O5Si/c1-22(31-20-23-11-9-8-10-12-23)27(32-21-24-13-15-25(30-5)16-14-24)19-26(17-18-29)33-34(6,7)28(2,3)4/h8-16,18,22,26-27H,17,19-21H2,1-7H3/t22-,26+,27?/m1/s1. The number of rotatable bonds is 14. The van der Waals surface area contributed by atoms with Crippen LogP contribution in [-0.4, -0.2) is 40.0 Å². The molecule has 0 aliphatic rings. The molecule has 0 aromatic heterocycles. The predicted octanol–water partition coefficient (Wildman–Crippen LogP) is 6.56. The molecule has 0 spiro atoms. The van der Waals surface area contributed by atoms with Gasteiger partial charge in [-0.1, -0.05) is 63.2 Å². The van der Waals surface area contributed by atoms with E-state index >= 15 is 0 Å². The molecule has 6 heteroatoms. The lowest BCUT2D eigenvalue weighted by molar-refractivity contribution is -0.112. The second-order valence-electron chi connectivity index (χ2n) is 10.3. The van der Waals surface area contributed by atoms with Gasteiger partial charge < -0.3 is 23.4 Å². The van der Waals surface area contributed by atoms with Gasteiger partial charge in [0.15, 0.2) is 8.32 Å². The van der Waals surface area contributed by atoms with Gasteiger partial charge in [-0.25, -0.2) is 0 Å². The molecule has 0 saturated carbocycles. The van der Waals surface area contributed by atoms with Gasteiger partial charge in [-0.3, -0.25) is 0 Å². The monoisotopic (exact) mass is 486 g/mol. The molecule has 0 radical (unpaired) electrons. The summed E-state index contributed by atoms with van der Waals surface area (Å²) in [5, 5.41) is 0.0585. The molecule has 2 aromatic carbocycles. The molecular weight excluding hydrogens is 444 g/mol. The van der Waals surface area contributed by atoms with Crippen LogP contribution in [0.2, 0.25) is 18.1 Å². The van der Waals surface area contributed by atoms with Crippen LogP contribution in [-0.2, 0) is 31.9 Å². The fourth-order valence-electron chi connectivity index (χ4n) is 3.38. The Morgan fingerprint density at radius 3 is 2.06 bits per heavy atom. The Bertz CT molecular complexity index is 845. The summed E-state index contributed by atoms with van der Waals surface area (Å²) in [5.74, 6) is 0.814. The summed E-state index contributed by atoms with van der Waals surface area (Å²) < 4.78 is 24.5. The summed E-state index contributed by atoms with van der Waals surface area (Å²) in [6, 6.07) is 18.0. The Morgan fingerprint density at radius 2 is 1.50 bits per heavy atom. The summed E-state index contributed by atoms with van der Waals surface area (Å²) >= 11 is 0. The minimum absolute atomic E-state index is 0.0585. The van der Waals surface area contributed by atoms with E-state index in [0.29, 0.717) is 26.1 Å². The molecule has 0 fully saturated rings. The summed E-state index contributed by atoms with van der Waals surface area (Å²) in [6.45, 7) is 14.0. The van der Waals surface area contributed by atoms with Crippen LogP contribution in [0.1, 0.15) is 51.7 Å². The molecule has 0 heterocycles. The van der Waals surface area contributed by atoms with Crippen LogP contribution in [0.4, 0.5) is 0 Å². The Labute approximate surface area is 206 Å². The zero-order valence-electron chi connectivity index (χ0n) is 21.9. The smallest absolute Gasteiger partial charge is 0.192 e. The van der Waals surface area contributed by atoms with E-state index in [1.165, 1.54) is 0 Å². The van der Waals surface area contributed by atoms with Gasteiger partial charge >= 0.3 is 0 Å². The lowest BCUT2D eigenvalue weighted by Crippen LogP contribution is -2.45. The van der Waals surface area contributed by atoms with E-state index in [4.69, 9.17) is 18.6 Å². The highest BCUT2D eigenvalue weighted by molar-refractivity contribution is 6.74. The van der Waals surface area contributed by atoms with Crippen molar-refractivity contribution >= 4 is 14.6 Å². The minimum Gasteiger partial charge on any atom is -0.497 e. The number of ether oxygens (including phenoxy) is 3. The number of aldehydes is 1. The fraction of sp³-hybridized carbons (Fsp3) is 0.536. The second kappa shape index (κ2) is 13.2. The van der Waals surface area contributed by atoms with Gasteiger partial charge in [0.2, 0.25) is 0 Å². The van der Waals surface area contributed by atoms with E-state index < -0.39 is 8.32 Å². The highest BCUT2D eigenvalue weighted by Gasteiger charge is 2.40. The first kappa shape index (κ1) is 28.2. The van der Waals surface area contributed by atoms with Gasteiger partial charge in [0.25, 0.3) is 0 Å². The molecule has 0 bridgehead atoms. The van der Waals surface area contributed by atoms with E-state index in [1.54, 1.807) is 7.11 Å². The zero-order valence-corrected chi connectivity index (χ0v) is 22.9. The van der Waals surface area contributed by atoms with Crippen molar-refractivity contribution in [3.63, 3.8) is 0 Å². The first-order valence-electron chi connectivity index (χ1n) is 12.1. The normalized spacial score (nSPS) is 14.9. The van der Waals surface area contributed by atoms with Crippen LogP contribution < -0.4 is 4.74 Å². The molecule has 5 nitrogen and oxygen atoms in total. The summed E-state index contributed by atoms with van der Waals surface area (Å²) in [7, 11) is -0.389. The zero-order chi connectivity index (χ0) is 25.2. The van der Waals surface area contributed by atoms with Gasteiger partial charge in [-0.15, -0.1) is 0 Å². The van der Waals surface area contributed by atoms with E-state index in [2.05, 4.69) is 46.0 Å². The van der Waals surface area contributed by atoms with Gasteiger partial charge in [-0.2, -0.15) is 0 Å². The van der Waals surface area contributed by atoms with Crippen molar-refractivity contribution in [2.45, 2.75) is 90.2 Å². The van der Waals surface area contributed by atoms with Crippen molar-refractivity contribution in [1.29, 1.82) is 0 Å². The van der Waals surface area contributed by atoms with Crippen LogP contribution in [0.15, 0.2) is 54.6 Å². The summed E-state index contributed by atoms with van der Waals surface area (Å²) in [4.78, 5) is 11.5. The van der Waals surface area contributed by atoms with Gasteiger partial charge in [0, 0.05) is 12.8 Å². The molecule has 34 heavy (non-hydrogen) atoms. The molecule has 0 aliphatic carbocycles. The number of benzene rings is 2. The Hall–Kier alpha value is -1.99. The number of carbonyl (C=O) groups excluding carboxylic acids is 1. The van der Waals surface area contributed by atoms with Crippen LogP contribution in [0.5, 0.6) is 5.75 Å². The molecule has 3 atom stereocenters. The van der Waals surface area contributed by atoms with E-state index in [0.717, 1.165) is 23.2 Å². The first-order valence-corrected chi connectivity index (χ1v) is 15.0. The van der Waals surface area contributed by atoms with Crippen LogP contribution in [0.25, 0.3) is 0 Å². The molecule has 0 N–H and O–H groups in total. The molecule has 2 rings (SSSR count). The van der Waals surface area contributed by atoms with Crippen molar-refractivity contribution < 1.29 is 23.4 Å². The maximum absolute atomic E-state index is 11.5. The minimum atomic E-state index is -2.04. The third-order valence-corrected chi connectivity index (χ3v) is 11.2. The first-order chi connectivity index (χ1) is 16.1. The van der Waals surface area contributed by atoms with Crippen molar-refractivity contribution in [2.24, 2.45) is 0 Å². The van der Waals surface area contributed by atoms with Gasteiger partial charge in [0.05, 0.1) is 38.6 Å². The average Bonchev–Trinajstić information content (AvgIpc) is 2.80. The van der Waals surface area contributed by atoms with E-state index in [-0.39, 0.29) is 23.4 Å². The number of methoxy groups -OCH3 is 1. The topological polar surface area (TPSA) is 54.0 Å². The second-order valence-corrected chi connectivity index (χ2v) is 15.1. The fourth-order valence-corrected chi connectivity index (χ4v) is 4.76. The largest absolute Gasteiger partial charge is 0.497 e. The summed E-state index contributed by atoms with van der Waals surface area (Å²) in [6.07, 6.45) is 1.30. The molecule has 2 aromatic rings.